The smallest absolute Gasteiger partial charge is 0.417 e. The zero-order chi connectivity index (χ0) is 29.2. The lowest BCUT2D eigenvalue weighted by molar-refractivity contribution is -0.137. The van der Waals surface area contributed by atoms with Crippen LogP contribution in [0, 0.1) is 12.3 Å². The SMILES string of the molecule is Cc1cc(OC(F)F)c2cc(N3CCC4(C=C(c5c(-c6ccccc6C(F)(F)F)noc5C5CC5)C4)CC3)ccc2n1. The predicted molar refractivity (Wildman–Crippen MR) is 149 cm³/mol. The second-order valence-electron chi connectivity index (χ2n) is 11.6. The van der Waals surface area contributed by atoms with Gasteiger partial charge in [0.05, 0.1) is 11.1 Å². The van der Waals surface area contributed by atoms with Gasteiger partial charge in [-0.25, -0.2) is 0 Å². The minimum Gasteiger partial charge on any atom is -0.434 e. The highest BCUT2D eigenvalue weighted by Crippen LogP contribution is 2.56. The van der Waals surface area contributed by atoms with Crippen molar-refractivity contribution in [2.75, 3.05) is 18.0 Å². The Balaban J connectivity index is 1.14. The topological polar surface area (TPSA) is 51.4 Å². The fraction of sp³-hybridized carbons (Fsp3) is 0.375. The number of hydrogen-bond acceptors (Lipinski definition) is 5. The highest BCUT2D eigenvalue weighted by atomic mass is 19.4. The Morgan fingerprint density at radius 3 is 2.48 bits per heavy atom. The number of anilines is 1. The van der Waals surface area contributed by atoms with Crippen LogP contribution in [0.15, 0.2) is 59.1 Å². The van der Waals surface area contributed by atoms with E-state index in [0.29, 0.717) is 22.4 Å². The molecule has 0 bridgehead atoms. The van der Waals surface area contributed by atoms with E-state index in [1.54, 1.807) is 13.0 Å². The second kappa shape index (κ2) is 9.81. The number of alkyl halides is 5. The van der Waals surface area contributed by atoms with E-state index >= 15 is 0 Å². The van der Waals surface area contributed by atoms with Crippen LogP contribution in [0.5, 0.6) is 5.75 Å². The molecule has 10 heteroatoms. The van der Waals surface area contributed by atoms with Gasteiger partial charge in [-0.2, -0.15) is 22.0 Å². The number of aromatic nitrogens is 2. The third-order valence-corrected chi connectivity index (χ3v) is 8.72. The van der Waals surface area contributed by atoms with Gasteiger partial charge in [0.2, 0.25) is 0 Å². The summed E-state index contributed by atoms with van der Waals surface area (Å²) in [6.45, 7) is 0.313. The number of benzene rings is 2. The molecule has 0 radical (unpaired) electrons. The van der Waals surface area contributed by atoms with Crippen molar-refractivity contribution in [3.05, 3.63) is 77.2 Å². The van der Waals surface area contributed by atoms with Crippen molar-refractivity contribution >= 4 is 22.2 Å². The maximum atomic E-state index is 13.9. The van der Waals surface area contributed by atoms with E-state index in [9.17, 15) is 22.0 Å². The van der Waals surface area contributed by atoms with Gasteiger partial charge in [0.15, 0.2) is 0 Å². The molecular formula is C32H28F5N3O2. The molecule has 0 unspecified atom stereocenters. The van der Waals surface area contributed by atoms with Gasteiger partial charge in [-0.05, 0) is 74.3 Å². The van der Waals surface area contributed by atoms with Crippen LogP contribution in [0.1, 0.15) is 60.6 Å². The first-order valence-corrected chi connectivity index (χ1v) is 14.1. The van der Waals surface area contributed by atoms with E-state index in [1.165, 1.54) is 18.2 Å². The summed E-state index contributed by atoms with van der Waals surface area (Å²) in [6.07, 6.45) is 2.07. The van der Waals surface area contributed by atoms with Crippen LogP contribution in [0.4, 0.5) is 27.6 Å². The molecule has 218 valence electrons. The number of rotatable bonds is 6. The summed E-state index contributed by atoms with van der Waals surface area (Å²) >= 11 is 0. The minimum atomic E-state index is -4.50. The largest absolute Gasteiger partial charge is 0.434 e. The summed E-state index contributed by atoms with van der Waals surface area (Å²) in [6, 6.07) is 12.7. The van der Waals surface area contributed by atoms with Crippen LogP contribution >= 0.6 is 0 Å². The highest BCUT2D eigenvalue weighted by Gasteiger charge is 2.45. The molecule has 0 amide bonds. The lowest BCUT2D eigenvalue weighted by Crippen LogP contribution is -2.42. The van der Waals surface area contributed by atoms with Crippen molar-refractivity contribution in [1.29, 1.82) is 0 Å². The number of fused-ring (bicyclic) bond motifs is 1. The predicted octanol–water partition coefficient (Wildman–Crippen LogP) is 8.77. The molecule has 2 aliphatic carbocycles. The lowest BCUT2D eigenvalue weighted by atomic mass is 9.63. The van der Waals surface area contributed by atoms with Gasteiger partial charge in [-0.3, -0.25) is 4.98 Å². The van der Waals surface area contributed by atoms with Crippen molar-refractivity contribution in [3.63, 3.8) is 0 Å². The first-order valence-electron chi connectivity index (χ1n) is 14.1. The van der Waals surface area contributed by atoms with Crippen LogP contribution in [-0.2, 0) is 6.18 Å². The van der Waals surface area contributed by atoms with Crippen molar-refractivity contribution < 1.29 is 31.2 Å². The second-order valence-corrected chi connectivity index (χ2v) is 11.6. The first kappa shape index (κ1) is 26.9. The molecule has 0 N–H and O–H groups in total. The number of ether oxygens (including phenoxy) is 1. The zero-order valence-corrected chi connectivity index (χ0v) is 22.8. The number of piperidine rings is 1. The van der Waals surface area contributed by atoms with Crippen LogP contribution in [-0.4, -0.2) is 29.8 Å². The maximum Gasteiger partial charge on any atom is 0.417 e. The first-order chi connectivity index (χ1) is 20.1. The Labute approximate surface area is 239 Å². The van der Waals surface area contributed by atoms with Gasteiger partial charge in [0.25, 0.3) is 0 Å². The molecule has 2 aromatic heterocycles. The van der Waals surface area contributed by atoms with E-state index < -0.39 is 18.4 Å². The Bertz CT molecular complexity index is 1700. The van der Waals surface area contributed by atoms with E-state index in [4.69, 9.17) is 9.26 Å². The van der Waals surface area contributed by atoms with Gasteiger partial charge < -0.3 is 14.2 Å². The van der Waals surface area contributed by atoms with Crippen LogP contribution in [0.25, 0.3) is 27.7 Å². The molecular weight excluding hydrogens is 553 g/mol. The molecule has 4 aromatic rings. The average Bonchev–Trinajstić information content (AvgIpc) is 3.69. The van der Waals surface area contributed by atoms with Crippen LogP contribution in [0.3, 0.4) is 0 Å². The molecule has 2 aromatic carbocycles. The summed E-state index contributed by atoms with van der Waals surface area (Å²) in [5, 5.41) is 4.72. The number of allylic oxidation sites excluding steroid dienone is 2. The van der Waals surface area contributed by atoms with Crippen molar-refractivity contribution in [2.24, 2.45) is 5.41 Å². The average molecular weight is 582 g/mol. The number of nitrogens with zero attached hydrogens (tertiary/aromatic N) is 3. The fourth-order valence-corrected chi connectivity index (χ4v) is 6.47. The summed E-state index contributed by atoms with van der Waals surface area (Å²) < 4.78 is 78.2. The Kier molecular flexibility index (Phi) is 6.29. The molecule has 3 aliphatic rings. The maximum absolute atomic E-state index is 13.9. The van der Waals surface area contributed by atoms with Gasteiger partial charge in [-0.15, -0.1) is 0 Å². The van der Waals surface area contributed by atoms with E-state index in [1.807, 2.05) is 18.2 Å². The number of aryl methyl sites for hydroxylation is 1. The molecule has 3 heterocycles. The van der Waals surface area contributed by atoms with Crippen LogP contribution < -0.4 is 9.64 Å². The highest BCUT2D eigenvalue weighted by molar-refractivity contribution is 5.89. The minimum absolute atomic E-state index is 0.0449. The number of hydrogen-bond donors (Lipinski definition) is 0. The molecule has 1 saturated heterocycles. The monoisotopic (exact) mass is 581 g/mol. The van der Waals surface area contributed by atoms with Gasteiger partial charge in [0.1, 0.15) is 17.2 Å². The summed E-state index contributed by atoms with van der Waals surface area (Å²) in [5.41, 5.74) is 3.38. The molecule has 7 rings (SSSR count). The number of pyridine rings is 1. The summed E-state index contributed by atoms with van der Waals surface area (Å²) in [4.78, 5) is 6.68. The van der Waals surface area contributed by atoms with Crippen molar-refractivity contribution in [2.45, 2.75) is 57.7 Å². The molecule has 42 heavy (non-hydrogen) atoms. The Hall–Kier alpha value is -3.95. The van der Waals surface area contributed by atoms with E-state index in [-0.39, 0.29) is 28.3 Å². The van der Waals surface area contributed by atoms with E-state index in [2.05, 4.69) is 21.1 Å². The lowest BCUT2D eigenvalue weighted by Gasteiger charge is -2.47. The number of halogens is 5. The zero-order valence-electron chi connectivity index (χ0n) is 22.8. The van der Waals surface area contributed by atoms with Crippen molar-refractivity contribution in [3.8, 4) is 17.0 Å². The van der Waals surface area contributed by atoms with E-state index in [0.717, 1.165) is 68.1 Å². The molecule has 5 nitrogen and oxygen atoms in total. The standard InChI is InChI=1S/C32H28F5N3O2/c1-18-14-26(41-30(33)34)23-15-21(8-9-25(23)38-18)40-12-10-31(11-13-40)16-20(17-31)27-28(39-42-29(27)19-6-7-19)22-4-2-3-5-24(22)32(35,36)37/h2-5,8-9,14-16,19,30H,6-7,10-13,17H2,1H3. The Morgan fingerprint density at radius 2 is 1.79 bits per heavy atom. The van der Waals surface area contributed by atoms with Crippen LogP contribution in [0.2, 0.25) is 0 Å². The normalized spacial score (nSPS) is 18.5. The van der Waals surface area contributed by atoms with Gasteiger partial charge >= 0.3 is 12.8 Å². The van der Waals surface area contributed by atoms with Gasteiger partial charge in [0, 0.05) is 53.0 Å². The molecule has 1 spiro atoms. The molecule has 2 fully saturated rings. The molecule has 1 saturated carbocycles. The third kappa shape index (κ3) is 4.80. The fourth-order valence-electron chi connectivity index (χ4n) is 6.47. The third-order valence-electron chi connectivity index (χ3n) is 8.72. The summed E-state index contributed by atoms with van der Waals surface area (Å²) in [7, 11) is 0. The summed E-state index contributed by atoms with van der Waals surface area (Å²) in [5.74, 6) is 1.00. The quantitative estimate of drug-likeness (QED) is 0.213. The molecule has 1 aliphatic heterocycles. The molecule has 0 atom stereocenters. The Morgan fingerprint density at radius 1 is 1.05 bits per heavy atom. The van der Waals surface area contributed by atoms with Crippen molar-refractivity contribution in [1.82, 2.24) is 10.1 Å². The van der Waals surface area contributed by atoms with Gasteiger partial charge in [-0.1, -0.05) is 29.4 Å².